The van der Waals surface area contributed by atoms with Gasteiger partial charge in [-0.1, -0.05) is 29.8 Å². The maximum absolute atomic E-state index is 13.1. The van der Waals surface area contributed by atoms with Gasteiger partial charge in [-0.05, 0) is 43.5 Å². The van der Waals surface area contributed by atoms with Gasteiger partial charge in [0.1, 0.15) is 5.60 Å². The minimum Gasteiger partial charge on any atom is -0.376 e. The monoisotopic (exact) mass is 475 g/mol. The molecule has 5 rings (SSSR count). The summed E-state index contributed by atoms with van der Waals surface area (Å²) in [6, 6.07) is 11.7. The average Bonchev–Trinajstić information content (AvgIpc) is 3.14. The Morgan fingerprint density at radius 3 is 2.59 bits per heavy atom. The highest BCUT2D eigenvalue weighted by Gasteiger charge is 2.39. The van der Waals surface area contributed by atoms with Gasteiger partial charge in [0.2, 0.25) is 0 Å². The van der Waals surface area contributed by atoms with Crippen LogP contribution in [0.25, 0.3) is 11.0 Å². The lowest BCUT2D eigenvalue weighted by molar-refractivity contribution is -0.173. The van der Waals surface area contributed by atoms with Crippen molar-refractivity contribution < 1.29 is 22.6 Å². The Morgan fingerprint density at radius 1 is 1.12 bits per heavy atom. The topological polar surface area (TPSA) is 59.5 Å². The number of benzene rings is 2. The summed E-state index contributed by atoms with van der Waals surface area (Å²) < 4.78 is 52.9. The van der Waals surface area contributed by atoms with E-state index in [1.54, 1.807) is 4.57 Å². The molecular weight excluding hydrogens is 447 g/mol. The van der Waals surface area contributed by atoms with Crippen LogP contribution in [-0.4, -0.2) is 53.9 Å². The van der Waals surface area contributed by atoms with Gasteiger partial charge in [0.15, 0.2) is 0 Å². The molecule has 1 aromatic heterocycles. The van der Waals surface area contributed by atoms with Gasteiger partial charge in [-0.3, -0.25) is 9.47 Å². The van der Waals surface area contributed by atoms with Crippen molar-refractivity contribution in [3.05, 3.63) is 69.6 Å². The molecule has 1 unspecified atom stereocenters. The van der Waals surface area contributed by atoms with E-state index in [-0.39, 0.29) is 17.2 Å². The highest BCUT2D eigenvalue weighted by Crippen LogP contribution is 2.34. The molecule has 0 saturated carbocycles. The summed E-state index contributed by atoms with van der Waals surface area (Å²) in [7, 11) is 0. The normalized spacial score (nSPS) is 22.9. The van der Waals surface area contributed by atoms with Crippen LogP contribution in [0.3, 0.4) is 0 Å². The lowest BCUT2D eigenvalue weighted by Gasteiger charge is -2.43. The van der Waals surface area contributed by atoms with Gasteiger partial charge in [0.25, 0.3) is 0 Å². The molecule has 3 aromatic rings. The number of rotatable bonds is 4. The third-order valence-electron chi connectivity index (χ3n) is 6.93. The summed E-state index contributed by atoms with van der Waals surface area (Å²) in [5.41, 5.74) is 1.32. The molecule has 182 valence electrons. The van der Waals surface area contributed by atoms with Crippen LogP contribution in [0.1, 0.15) is 35.6 Å². The van der Waals surface area contributed by atoms with Crippen molar-refractivity contribution in [1.29, 1.82) is 0 Å². The fourth-order valence-corrected chi connectivity index (χ4v) is 5.22. The number of nitrogens with zero attached hydrogens (tertiary/aromatic N) is 2. The number of aromatic amines is 1. The molecular formula is C25H28F3N3O3. The highest BCUT2D eigenvalue weighted by molar-refractivity contribution is 5.76. The van der Waals surface area contributed by atoms with Crippen LogP contribution in [0.4, 0.5) is 13.2 Å². The van der Waals surface area contributed by atoms with E-state index in [1.807, 2.05) is 6.07 Å². The maximum Gasteiger partial charge on any atom is 0.416 e. The Labute approximate surface area is 195 Å². The zero-order valence-corrected chi connectivity index (χ0v) is 19.0. The van der Waals surface area contributed by atoms with E-state index in [0.717, 1.165) is 49.2 Å². The summed E-state index contributed by atoms with van der Waals surface area (Å²) in [5, 5.41) is 0. The van der Waals surface area contributed by atoms with Gasteiger partial charge in [0.05, 0.1) is 36.4 Å². The average molecular weight is 476 g/mol. The minimum absolute atomic E-state index is 0.0762. The second-order valence-corrected chi connectivity index (χ2v) is 9.30. The first-order chi connectivity index (χ1) is 16.2. The number of ether oxygens (including phenoxy) is 2. The zero-order valence-electron chi connectivity index (χ0n) is 19.0. The molecule has 2 saturated heterocycles. The van der Waals surface area contributed by atoms with E-state index in [0.29, 0.717) is 31.9 Å². The predicted molar refractivity (Wildman–Crippen MR) is 122 cm³/mol. The second-order valence-electron chi connectivity index (χ2n) is 9.30. The van der Waals surface area contributed by atoms with Crippen molar-refractivity contribution in [1.82, 2.24) is 14.5 Å². The van der Waals surface area contributed by atoms with Crippen LogP contribution in [0.2, 0.25) is 0 Å². The van der Waals surface area contributed by atoms with Crippen LogP contribution in [0.15, 0.2) is 47.3 Å². The Hall–Kier alpha value is -2.62. The van der Waals surface area contributed by atoms with Crippen molar-refractivity contribution in [2.45, 2.75) is 37.6 Å². The Morgan fingerprint density at radius 2 is 1.91 bits per heavy atom. The first kappa shape index (κ1) is 23.1. The number of aryl methyl sites for hydroxylation is 1. The van der Waals surface area contributed by atoms with Crippen LogP contribution in [-0.2, 0) is 21.3 Å². The largest absolute Gasteiger partial charge is 0.416 e. The number of fused-ring (bicyclic) bond motifs is 1. The van der Waals surface area contributed by atoms with Crippen molar-refractivity contribution in [3.8, 4) is 0 Å². The Balaban J connectivity index is 1.33. The van der Waals surface area contributed by atoms with E-state index < -0.39 is 17.3 Å². The summed E-state index contributed by atoms with van der Waals surface area (Å²) >= 11 is 0. The molecule has 0 bridgehead atoms. The second kappa shape index (κ2) is 8.87. The molecule has 3 heterocycles. The van der Waals surface area contributed by atoms with E-state index >= 15 is 0 Å². The zero-order chi connectivity index (χ0) is 23.9. The number of likely N-dealkylation sites (tertiary alicyclic amines) is 1. The first-order valence-electron chi connectivity index (χ1n) is 11.6. The third-order valence-corrected chi connectivity index (χ3v) is 6.93. The number of alkyl halides is 3. The molecule has 1 atom stereocenters. The lowest BCUT2D eigenvalue weighted by Crippen LogP contribution is -2.51. The molecule has 2 aliphatic rings. The fraction of sp³-hybridized carbons (Fsp3) is 0.480. The van der Waals surface area contributed by atoms with Crippen LogP contribution in [0.5, 0.6) is 0 Å². The van der Waals surface area contributed by atoms with E-state index in [1.165, 1.54) is 6.07 Å². The first-order valence-corrected chi connectivity index (χ1v) is 11.6. The van der Waals surface area contributed by atoms with Gasteiger partial charge < -0.3 is 14.5 Å². The fourth-order valence-electron chi connectivity index (χ4n) is 5.22. The number of halogens is 3. The summed E-state index contributed by atoms with van der Waals surface area (Å²) in [5.74, 6) is 0. The molecule has 0 aliphatic carbocycles. The van der Waals surface area contributed by atoms with E-state index in [2.05, 4.69) is 35.0 Å². The van der Waals surface area contributed by atoms with Crippen molar-refractivity contribution in [2.75, 3.05) is 39.5 Å². The Bertz CT molecular complexity index is 1220. The lowest BCUT2D eigenvalue weighted by atomic mass is 9.90. The van der Waals surface area contributed by atoms with Crippen molar-refractivity contribution in [3.63, 3.8) is 0 Å². The molecule has 34 heavy (non-hydrogen) atoms. The molecule has 0 spiro atoms. The molecule has 6 nitrogen and oxygen atoms in total. The third kappa shape index (κ3) is 4.39. The highest BCUT2D eigenvalue weighted by atomic mass is 19.4. The number of H-pyrrole nitrogens is 1. The molecule has 0 amide bonds. The molecule has 2 fully saturated rings. The number of imidazole rings is 1. The van der Waals surface area contributed by atoms with Crippen LogP contribution >= 0.6 is 0 Å². The molecule has 2 aromatic carbocycles. The standard InChI is InChI=1S/C25H28F3N3O3/c1-17-3-2-4-18(13-17)24(16-33-11-12-34-24)15-30-9-7-20(8-10-30)31-22-6-5-19(25(26,27)28)14-21(22)29-23(31)32/h2-6,13-14,20H,7-12,15-16H2,1H3,(H,29,32). The summed E-state index contributed by atoms with van der Waals surface area (Å²) in [6.45, 7) is 5.84. The van der Waals surface area contributed by atoms with Gasteiger partial charge in [-0.15, -0.1) is 0 Å². The quantitative estimate of drug-likeness (QED) is 0.614. The van der Waals surface area contributed by atoms with E-state index in [4.69, 9.17) is 9.47 Å². The minimum atomic E-state index is -4.45. The van der Waals surface area contributed by atoms with Crippen LogP contribution in [0, 0.1) is 6.92 Å². The summed E-state index contributed by atoms with van der Waals surface area (Å²) in [6.07, 6.45) is -3.01. The van der Waals surface area contributed by atoms with Gasteiger partial charge in [0, 0.05) is 25.7 Å². The van der Waals surface area contributed by atoms with Crippen molar-refractivity contribution in [2.24, 2.45) is 0 Å². The predicted octanol–water partition coefficient (Wildman–Crippen LogP) is 4.24. The van der Waals surface area contributed by atoms with Gasteiger partial charge in [-0.25, -0.2) is 4.79 Å². The molecule has 2 aliphatic heterocycles. The van der Waals surface area contributed by atoms with Crippen molar-refractivity contribution >= 4 is 11.0 Å². The van der Waals surface area contributed by atoms with E-state index in [9.17, 15) is 18.0 Å². The molecule has 1 N–H and O–H groups in total. The van der Waals surface area contributed by atoms with Crippen LogP contribution < -0.4 is 5.69 Å². The maximum atomic E-state index is 13.1. The SMILES string of the molecule is Cc1cccc(C2(CN3CCC(n4c(=O)[nH]c5cc(C(F)(F)F)ccc54)CC3)COCCO2)c1. The summed E-state index contributed by atoms with van der Waals surface area (Å²) in [4.78, 5) is 17.6. The molecule has 9 heteroatoms. The molecule has 0 radical (unpaired) electrons. The smallest absolute Gasteiger partial charge is 0.376 e. The Kier molecular flexibility index (Phi) is 6.03. The number of hydrogen-bond acceptors (Lipinski definition) is 4. The van der Waals surface area contributed by atoms with Gasteiger partial charge >= 0.3 is 11.9 Å². The number of aromatic nitrogens is 2. The van der Waals surface area contributed by atoms with Gasteiger partial charge in [-0.2, -0.15) is 13.2 Å². The number of hydrogen-bond donors (Lipinski definition) is 1. The number of piperidine rings is 1. The number of nitrogens with one attached hydrogen (secondary N) is 1.